The lowest BCUT2D eigenvalue weighted by molar-refractivity contribution is 0.102. The Labute approximate surface area is 107 Å². The number of amides is 1. The van der Waals surface area contributed by atoms with Crippen molar-refractivity contribution < 1.29 is 4.79 Å². The van der Waals surface area contributed by atoms with E-state index in [4.69, 9.17) is 11.6 Å². The third-order valence-corrected chi connectivity index (χ3v) is 2.36. The molecule has 0 saturated carbocycles. The van der Waals surface area contributed by atoms with Gasteiger partial charge in [-0.2, -0.15) is 4.80 Å². The fourth-order valence-corrected chi connectivity index (χ4v) is 1.51. The van der Waals surface area contributed by atoms with Crippen molar-refractivity contribution in [3.8, 4) is 0 Å². The Morgan fingerprint density at radius 1 is 1.50 bits per heavy atom. The Morgan fingerprint density at radius 2 is 2.28 bits per heavy atom. The molecule has 94 valence electrons. The van der Waals surface area contributed by atoms with Crippen LogP contribution in [-0.4, -0.2) is 38.1 Å². The molecule has 2 aromatic rings. The Kier molecular flexibility index (Phi) is 3.38. The molecule has 0 fully saturated rings. The molecule has 0 aliphatic carbocycles. The first-order valence-electron chi connectivity index (χ1n) is 4.99. The molecule has 0 saturated heterocycles. The van der Waals surface area contributed by atoms with Crippen molar-refractivity contribution in [1.82, 2.24) is 25.2 Å². The van der Waals surface area contributed by atoms with E-state index in [1.807, 2.05) is 0 Å². The van der Waals surface area contributed by atoms with Crippen molar-refractivity contribution in [3.05, 3.63) is 22.8 Å². The summed E-state index contributed by atoms with van der Waals surface area (Å²) in [6, 6.07) is 1.51. The number of halogens is 1. The van der Waals surface area contributed by atoms with Crippen molar-refractivity contribution in [2.75, 3.05) is 17.7 Å². The van der Waals surface area contributed by atoms with Gasteiger partial charge in [-0.25, -0.2) is 4.98 Å². The van der Waals surface area contributed by atoms with E-state index in [1.54, 1.807) is 14.1 Å². The molecule has 1 amide bonds. The Hall–Kier alpha value is -2.22. The van der Waals surface area contributed by atoms with Crippen LogP contribution in [-0.2, 0) is 7.05 Å². The molecule has 0 aliphatic heterocycles. The number of pyridine rings is 1. The summed E-state index contributed by atoms with van der Waals surface area (Å²) >= 11 is 5.93. The molecule has 2 N–H and O–H groups in total. The highest BCUT2D eigenvalue weighted by molar-refractivity contribution is 6.33. The van der Waals surface area contributed by atoms with Crippen LogP contribution in [0, 0.1) is 0 Å². The van der Waals surface area contributed by atoms with Crippen LogP contribution in [0.5, 0.6) is 0 Å². The number of hydrogen-bond acceptors (Lipinski definition) is 6. The van der Waals surface area contributed by atoms with Crippen LogP contribution >= 0.6 is 11.6 Å². The maximum Gasteiger partial charge on any atom is 0.270 e. The van der Waals surface area contributed by atoms with Gasteiger partial charge in [0.05, 0.1) is 17.6 Å². The molecule has 8 nitrogen and oxygen atoms in total. The molecule has 0 atom stereocenters. The average Bonchev–Trinajstić information content (AvgIpc) is 2.74. The van der Waals surface area contributed by atoms with Crippen molar-refractivity contribution in [3.63, 3.8) is 0 Å². The minimum atomic E-state index is -0.403. The molecule has 2 rings (SSSR count). The summed E-state index contributed by atoms with van der Waals surface area (Å²) in [5, 5.41) is 16.7. The maximum absolute atomic E-state index is 11.8. The lowest BCUT2D eigenvalue weighted by Gasteiger charge is -2.04. The number of aromatic nitrogens is 5. The molecule has 0 bridgehead atoms. The fourth-order valence-electron chi connectivity index (χ4n) is 1.25. The van der Waals surface area contributed by atoms with Gasteiger partial charge >= 0.3 is 0 Å². The second-order valence-corrected chi connectivity index (χ2v) is 3.77. The van der Waals surface area contributed by atoms with Crippen molar-refractivity contribution in [2.24, 2.45) is 7.05 Å². The molecule has 0 aliphatic rings. The van der Waals surface area contributed by atoms with Gasteiger partial charge in [-0.1, -0.05) is 16.7 Å². The van der Waals surface area contributed by atoms with Gasteiger partial charge < -0.3 is 5.32 Å². The third kappa shape index (κ3) is 2.54. The van der Waals surface area contributed by atoms with E-state index in [9.17, 15) is 4.79 Å². The molecule has 0 radical (unpaired) electrons. The number of nitrogens with one attached hydrogen (secondary N) is 2. The Bertz CT molecular complexity index is 582. The van der Waals surface area contributed by atoms with E-state index >= 15 is 0 Å². The SMILES string of the molecule is CNc1ncc(C(=O)Nc2nnn(C)n2)cc1Cl. The first-order valence-corrected chi connectivity index (χ1v) is 5.36. The lowest BCUT2D eigenvalue weighted by atomic mass is 10.2. The minimum absolute atomic E-state index is 0.122. The van der Waals surface area contributed by atoms with E-state index in [1.165, 1.54) is 17.1 Å². The van der Waals surface area contributed by atoms with Crippen molar-refractivity contribution >= 4 is 29.3 Å². The van der Waals surface area contributed by atoms with Crippen LogP contribution in [0.3, 0.4) is 0 Å². The quantitative estimate of drug-likeness (QED) is 0.843. The van der Waals surface area contributed by atoms with Crippen LogP contribution in [0.15, 0.2) is 12.3 Å². The van der Waals surface area contributed by atoms with Crippen LogP contribution < -0.4 is 10.6 Å². The van der Waals surface area contributed by atoms with E-state index in [0.29, 0.717) is 16.4 Å². The lowest BCUT2D eigenvalue weighted by Crippen LogP contribution is -2.14. The van der Waals surface area contributed by atoms with Crippen LogP contribution in [0.1, 0.15) is 10.4 Å². The smallest absolute Gasteiger partial charge is 0.270 e. The van der Waals surface area contributed by atoms with Gasteiger partial charge in [-0.15, -0.1) is 5.10 Å². The highest BCUT2D eigenvalue weighted by atomic mass is 35.5. The summed E-state index contributed by atoms with van der Waals surface area (Å²) in [6.45, 7) is 0. The van der Waals surface area contributed by atoms with Crippen LogP contribution in [0.2, 0.25) is 5.02 Å². The Balaban J connectivity index is 2.16. The van der Waals surface area contributed by atoms with E-state index in [-0.39, 0.29) is 5.95 Å². The number of carbonyl (C=O) groups excluding carboxylic acids is 1. The third-order valence-electron chi connectivity index (χ3n) is 2.07. The normalized spacial score (nSPS) is 10.2. The summed E-state index contributed by atoms with van der Waals surface area (Å²) in [5.74, 6) is 0.224. The monoisotopic (exact) mass is 267 g/mol. The minimum Gasteiger partial charge on any atom is -0.372 e. The topological polar surface area (TPSA) is 97.6 Å². The molecular formula is C9H10ClN7O. The van der Waals surface area contributed by atoms with Crippen LogP contribution in [0.4, 0.5) is 11.8 Å². The number of nitrogens with zero attached hydrogens (tertiary/aromatic N) is 5. The standard InChI is InChI=1S/C9H10ClN7O/c1-11-7-6(10)3-5(4-12-7)8(18)13-9-14-16-17(2)15-9/h3-4H,1-2H3,(H,11,12)(H,13,15,18). The molecule has 2 heterocycles. The zero-order valence-electron chi connectivity index (χ0n) is 9.68. The predicted molar refractivity (Wildman–Crippen MR) is 65.5 cm³/mol. The zero-order chi connectivity index (χ0) is 13.1. The average molecular weight is 268 g/mol. The summed E-state index contributed by atoms with van der Waals surface area (Å²) in [5.41, 5.74) is 0.312. The van der Waals surface area contributed by atoms with Gasteiger partial charge in [-0.05, 0) is 11.3 Å². The van der Waals surface area contributed by atoms with Gasteiger partial charge in [0.25, 0.3) is 11.9 Å². The summed E-state index contributed by atoms with van der Waals surface area (Å²) in [7, 11) is 3.29. The molecule has 0 aromatic carbocycles. The van der Waals surface area contributed by atoms with Crippen molar-refractivity contribution in [1.29, 1.82) is 0 Å². The molecule has 18 heavy (non-hydrogen) atoms. The number of rotatable bonds is 3. The highest BCUT2D eigenvalue weighted by Gasteiger charge is 2.11. The largest absolute Gasteiger partial charge is 0.372 e. The number of hydrogen-bond donors (Lipinski definition) is 2. The molecule has 0 spiro atoms. The van der Waals surface area contributed by atoms with Crippen molar-refractivity contribution in [2.45, 2.75) is 0 Å². The fraction of sp³-hybridized carbons (Fsp3) is 0.222. The van der Waals surface area contributed by atoms with Gasteiger partial charge in [0.2, 0.25) is 0 Å². The predicted octanol–water partition coefficient (Wildman–Crippen LogP) is 0.552. The van der Waals surface area contributed by atoms with Gasteiger partial charge in [0, 0.05) is 13.2 Å². The van der Waals surface area contributed by atoms with Gasteiger partial charge in [-0.3, -0.25) is 10.1 Å². The first-order chi connectivity index (χ1) is 8.60. The number of tetrazole rings is 1. The molecular weight excluding hydrogens is 258 g/mol. The molecule has 9 heteroatoms. The van der Waals surface area contributed by atoms with Gasteiger partial charge in [0.15, 0.2) is 0 Å². The highest BCUT2D eigenvalue weighted by Crippen LogP contribution is 2.19. The second-order valence-electron chi connectivity index (χ2n) is 3.36. The van der Waals surface area contributed by atoms with Gasteiger partial charge in [0.1, 0.15) is 5.82 Å². The number of carbonyl (C=O) groups is 1. The van der Waals surface area contributed by atoms with E-state index in [2.05, 4.69) is 31.0 Å². The zero-order valence-corrected chi connectivity index (χ0v) is 10.4. The first kappa shape index (κ1) is 12.2. The molecule has 0 unspecified atom stereocenters. The molecule has 2 aromatic heterocycles. The second kappa shape index (κ2) is 4.96. The van der Waals surface area contributed by atoms with E-state index in [0.717, 1.165) is 0 Å². The summed E-state index contributed by atoms with van der Waals surface area (Å²) in [4.78, 5) is 17.1. The maximum atomic E-state index is 11.8. The number of aryl methyl sites for hydroxylation is 1. The Morgan fingerprint density at radius 3 is 2.83 bits per heavy atom. The summed E-state index contributed by atoms with van der Waals surface area (Å²) in [6.07, 6.45) is 1.41. The van der Waals surface area contributed by atoms with E-state index < -0.39 is 5.91 Å². The summed E-state index contributed by atoms with van der Waals surface area (Å²) < 4.78 is 0. The number of anilines is 2. The van der Waals surface area contributed by atoms with Crippen LogP contribution in [0.25, 0.3) is 0 Å².